The number of ether oxygens (including phenoxy) is 2. The Hall–Kier alpha value is -1.79. The second-order valence-electron chi connectivity index (χ2n) is 5.61. The summed E-state index contributed by atoms with van der Waals surface area (Å²) in [5.41, 5.74) is -0.362. The third-order valence-corrected chi connectivity index (χ3v) is 4.39. The van der Waals surface area contributed by atoms with Crippen molar-refractivity contribution in [1.82, 2.24) is 5.06 Å². The third-order valence-electron chi connectivity index (χ3n) is 4.11. The molecule has 0 saturated carbocycles. The van der Waals surface area contributed by atoms with E-state index in [0.717, 1.165) is 12.8 Å². The standard InChI is InChI=1S/C17H24ClNO5/c1-5-7-8-24-15-13(16(21)23-4)9-12(10-14(15)18)17(3,6-2)19(22)11-20/h9-11,22H,5-8H2,1-4H3. The second kappa shape index (κ2) is 8.89. The number of carbonyl (C=O) groups is 2. The molecule has 1 aromatic rings. The number of halogens is 1. The van der Waals surface area contributed by atoms with Gasteiger partial charge in [0.25, 0.3) is 0 Å². The molecule has 0 aliphatic carbocycles. The molecular weight excluding hydrogens is 334 g/mol. The van der Waals surface area contributed by atoms with Gasteiger partial charge in [0.1, 0.15) is 5.56 Å². The average Bonchev–Trinajstić information content (AvgIpc) is 2.60. The molecule has 7 heteroatoms. The lowest BCUT2D eigenvalue weighted by atomic mass is 9.87. The molecule has 0 radical (unpaired) electrons. The summed E-state index contributed by atoms with van der Waals surface area (Å²) in [4.78, 5) is 23.1. The number of nitrogens with zero attached hydrogens (tertiary/aromatic N) is 1. The highest BCUT2D eigenvalue weighted by Gasteiger charge is 2.33. The molecule has 6 nitrogen and oxygen atoms in total. The van der Waals surface area contributed by atoms with Crippen LogP contribution in [0.3, 0.4) is 0 Å². The van der Waals surface area contributed by atoms with Gasteiger partial charge >= 0.3 is 5.97 Å². The molecule has 0 fully saturated rings. The Morgan fingerprint density at radius 1 is 1.42 bits per heavy atom. The molecule has 1 amide bonds. The molecule has 1 N–H and O–H groups in total. The minimum absolute atomic E-state index is 0.162. The van der Waals surface area contributed by atoms with E-state index in [9.17, 15) is 14.8 Å². The maximum absolute atomic E-state index is 12.1. The number of carbonyl (C=O) groups excluding carboxylic acids is 2. The lowest BCUT2D eigenvalue weighted by Crippen LogP contribution is -2.40. The van der Waals surface area contributed by atoms with Gasteiger partial charge in [0.05, 0.1) is 24.3 Å². The van der Waals surface area contributed by atoms with E-state index in [4.69, 9.17) is 21.1 Å². The third kappa shape index (κ3) is 4.19. The Morgan fingerprint density at radius 2 is 2.08 bits per heavy atom. The summed E-state index contributed by atoms with van der Waals surface area (Å²) in [7, 11) is 1.27. The SMILES string of the molecule is CCCCOc1c(Cl)cc(C(C)(CC)N(O)C=O)cc1C(=O)OC. The zero-order valence-corrected chi connectivity index (χ0v) is 15.2. The van der Waals surface area contributed by atoms with Crippen molar-refractivity contribution in [3.63, 3.8) is 0 Å². The maximum atomic E-state index is 12.1. The van der Waals surface area contributed by atoms with E-state index in [1.165, 1.54) is 13.2 Å². The van der Waals surface area contributed by atoms with Gasteiger partial charge in [0.15, 0.2) is 5.75 Å². The summed E-state index contributed by atoms with van der Waals surface area (Å²) >= 11 is 6.30. The van der Waals surface area contributed by atoms with Gasteiger partial charge in [-0.15, -0.1) is 0 Å². The van der Waals surface area contributed by atoms with E-state index in [1.54, 1.807) is 13.0 Å². The Kier molecular flexibility index (Phi) is 7.51. The number of hydrogen-bond acceptors (Lipinski definition) is 5. The van der Waals surface area contributed by atoms with E-state index < -0.39 is 11.5 Å². The highest BCUT2D eigenvalue weighted by Crippen LogP contribution is 2.38. The first kappa shape index (κ1) is 20.3. The van der Waals surface area contributed by atoms with E-state index in [2.05, 4.69) is 0 Å². The van der Waals surface area contributed by atoms with Crippen LogP contribution < -0.4 is 4.74 Å². The summed E-state index contributed by atoms with van der Waals surface area (Å²) < 4.78 is 10.4. The van der Waals surface area contributed by atoms with Gasteiger partial charge in [-0.05, 0) is 37.5 Å². The minimum atomic E-state index is -1.03. The van der Waals surface area contributed by atoms with E-state index >= 15 is 0 Å². The lowest BCUT2D eigenvalue weighted by molar-refractivity contribution is -0.180. The van der Waals surface area contributed by atoms with Crippen LogP contribution in [0.2, 0.25) is 5.02 Å². The Labute approximate surface area is 147 Å². The highest BCUT2D eigenvalue weighted by atomic mass is 35.5. The molecular formula is C17H24ClNO5. The molecule has 1 unspecified atom stereocenters. The van der Waals surface area contributed by atoms with Crippen molar-refractivity contribution in [3.8, 4) is 5.75 Å². The summed E-state index contributed by atoms with van der Waals surface area (Å²) in [6.07, 6.45) is 2.49. The normalized spacial score (nSPS) is 13.1. The van der Waals surface area contributed by atoms with Crippen molar-refractivity contribution in [1.29, 1.82) is 0 Å². The van der Waals surface area contributed by atoms with Crippen LogP contribution in [0.15, 0.2) is 12.1 Å². The van der Waals surface area contributed by atoms with E-state index in [1.807, 2.05) is 13.8 Å². The molecule has 24 heavy (non-hydrogen) atoms. The number of benzene rings is 1. The van der Waals surface area contributed by atoms with Gasteiger partial charge in [0.2, 0.25) is 6.41 Å². The monoisotopic (exact) mass is 357 g/mol. The molecule has 134 valence electrons. The second-order valence-corrected chi connectivity index (χ2v) is 6.01. The first-order valence-corrected chi connectivity index (χ1v) is 8.22. The Balaban J connectivity index is 3.43. The first-order valence-electron chi connectivity index (χ1n) is 7.84. The molecule has 0 aliphatic rings. The zero-order valence-electron chi connectivity index (χ0n) is 14.5. The van der Waals surface area contributed by atoms with Crippen LogP contribution in [0.25, 0.3) is 0 Å². The van der Waals surface area contributed by atoms with Gasteiger partial charge in [-0.3, -0.25) is 10.0 Å². The Bertz CT molecular complexity index is 593. The highest BCUT2D eigenvalue weighted by molar-refractivity contribution is 6.32. The van der Waals surface area contributed by atoms with Crippen LogP contribution in [0, 0.1) is 0 Å². The van der Waals surface area contributed by atoms with Crippen molar-refractivity contribution in [2.75, 3.05) is 13.7 Å². The summed E-state index contributed by atoms with van der Waals surface area (Å²) in [6.45, 7) is 5.93. The molecule has 1 aromatic carbocycles. The largest absolute Gasteiger partial charge is 0.491 e. The first-order chi connectivity index (χ1) is 11.3. The van der Waals surface area contributed by atoms with Crippen LogP contribution in [0.5, 0.6) is 5.75 Å². The predicted molar refractivity (Wildman–Crippen MR) is 90.5 cm³/mol. The molecule has 1 atom stereocenters. The maximum Gasteiger partial charge on any atom is 0.341 e. The summed E-state index contributed by atoms with van der Waals surface area (Å²) in [5.74, 6) is -0.353. The van der Waals surface area contributed by atoms with E-state index in [-0.39, 0.29) is 16.3 Å². The topological polar surface area (TPSA) is 76.1 Å². The van der Waals surface area contributed by atoms with Gasteiger partial charge in [-0.1, -0.05) is 31.9 Å². The molecule has 0 aliphatic heterocycles. The summed E-state index contributed by atoms with van der Waals surface area (Å²) in [5, 5.41) is 10.7. The van der Waals surface area contributed by atoms with Crippen molar-refractivity contribution in [2.24, 2.45) is 0 Å². The van der Waals surface area contributed by atoms with Crippen molar-refractivity contribution in [3.05, 3.63) is 28.3 Å². The number of esters is 1. The van der Waals surface area contributed by atoms with Crippen LogP contribution in [-0.2, 0) is 15.1 Å². The van der Waals surface area contributed by atoms with Gasteiger partial charge in [0, 0.05) is 0 Å². The van der Waals surface area contributed by atoms with Gasteiger partial charge in [-0.2, -0.15) is 0 Å². The lowest BCUT2D eigenvalue weighted by Gasteiger charge is -2.34. The quantitative estimate of drug-likeness (QED) is 0.239. The van der Waals surface area contributed by atoms with Crippen molar-refractivity contribution >= 4 is 24.0 Å². The number of hydrogen-bond donors (Lipinski definition) is 1. The number of methoxy groups -OCH3 is 1. The molecule has 0 saturated heterocycles. The van der Waals surface area contributed by atoms with Crippen LogP contribution in [-0.4, -0.2) is 36.4 Å². The van der Waals surface area contributed by atoms with Crippen LogP contribution in [0.1, 0.15) is 56.0 Å². The van der Waals surface area contributed by atoms with Gasteiger partial charge in [-0.25, -0.2) is 9.86 Å². The number of unbranched alkanes of at least 4 members (excludes halogenated alkanes) is 1. The van der Waals surface area contributed by atoms with Crippen LogP contribution >= 0.6 is 11.6 Å². The van der Waals surface area contributed by atoms with Crippen molar-refractivity contribution < 1.29 is 24.3 Å². The van der Waals surface area contributed by atoms with Crippen LogP contribution in [0.4, 0.5) is 0 Å². The molecule has 0 heterocycles. The molecule has 0 bridgehead atoms. The number of amides is 1. The number of hydroxylamine groups is 2. The molecule has 0 aromatic heterocycles. The van der Waals surface area contributed by atoms with Crippen molar-refractivity contribution in [2.45, 2.75) is 45.6 Å². The minimum Gasteiger partial charge on any atom is -0.491 e. The average molecular weight is 358 g/mol. The van der Waals surface area contributed by atoms with Gasteiger partial charge < -0.3 is 9.47 Å². The summed E-state index contributed by atoms with van der Waals surface area (Å²) in [6, 6.07) is 3.13. The molecule has 1 rings (SSSR count). The van der Waals surface area contributed by atoms with E-state index in [0.29, 0.717) is 30.1 Å². The fourth-order valence-corrected chi connectivity index (χ4v) is 2.52. The fraction of sp³-hybridized carbons (Fsp3) is 0.529. The number of rotatable bonds is 9. The predicted octanol–water partition coefficient (Wildman–Crippen LogP) is 3.78. The Morgan fingerprint density at radius 3 is 2.58 bits per heavy atom. The smallest absolute Gasteiger partial charge is 0.341 e. The molecule has 0 spiro atoms. The fourth-order valence-electron chi connectivity index (χ4n) is 2.25. The zero-order chi connectivity index (χ0) is 18.3.